The lowest BCUT2D eigenvalue weighted by Gasteiger charge is -2.42. The second-order valence-electron chi connectivity index (χ2n) is 6.47. The normalized spacial score (nSPS) is 20.6. The number of benzene rings is 1. The predicted molar refractivity (Wildman–Crippen MR) is 89.5 cm³/mol. The summed E-state index contributed by atoms with van der Waals surface area (Å²) in [4.78, 5) is 27.3. The van der Waals surface area contributed by atoms with Crippen molar-refractivity contribution in [3.8, 4) is 5.75 Å². The number of carbonyl (C=O) groups excluding carboxylic acids is 2. The van der Waals surface area contributed by atoms with Crippen LogP contribution in [0.5, 0.6) is 5.75 Å². The lowest BCUT2D eigenvalue weighted by atomic mass is 9.97. The van der Waals surface area contributed by atoms with Gasteiger partial charge in [0.25, 0.3) is 0 Å². The molecule has 1 fully saturated rings. The third-order valence-corrected chi connectivity index (χ3v) is 3.86. The maximum Gasteiger partial charge on any atom is 0.236 e. The molecule has 2 rings (SSSR count). The molecule has 1 saturated heterocycles. The molecule has 0 bridgehead atoms. The SMILES string of the molecule is CN(C)CC(=O)N1CCO[C@@](COc2ccc(F)cc2)(CC(N)=O)C1. The maximum absolute atomic E-state index is 13.0. The summed E-state index contributed by atoms with van der Waals surface area (Å²) in [7, 11) is 3.62. The van der Waals surface area contributed by atoms with Gasteiger partial charge in [0.2, 0.25) is 11.8 Å². The Morgan fingerprint density at radius 1 is 1.36 bits per heavy atom. The Morgan fingerprint density at radius 3 is 2.64 bits per heavy atom. The highest BCUT2D eigenvalue weighted by Crippen LogP contribution is 2.24. The van der Waals surface area contributed by atoms with Gasteiger partial charge in [-0.1, -0.05) is 0 Å². The molecule has 2 N–H and O–H groups in total. The molecule has 1 aromatic carbocycles. The van der Waals surface area contributed by atoms with Gasteiger partial charge in [-0.15, -0.1) is 0 Å². The Bertz CT molecular complexity index is 608. The van der Waals surface area contributed by atoms with Crippen LogP contribution < -0.4 is 10.5 Å². The van der Waals surface area contributed by atoms with E-state index in [1.165, 1.54) is 24.3 Å². The minimum absolute atomic E-state index is 0.0350. The first kappa shape index (κ1) is 19.1. The number of morpholine rings is 1. The van der Waals surface area contributed by atoms with Gasteiger partial charge >= 0.3 is 0 Å². The van der Waals surface area contributed by atoms with Gasteiger partial charge in [-0.05, 0) is 38.4 Å². The summed E-state index contributed by atoms with van der Waals surface area (Å²) in [6, 6.07) is 5.55. The van der Waals surface area contributed by atoms with Gasteiger partial charge in [0.15, 0.2) is 0 Å². The van der Waals surface area contributed by atoms with Crippen LogP contribution in [0.1, 0.15) is 6.42 Å². The van der Waals surface area contributed by atoms with E-state index in [0.29, 0.717) is 18.9 Å². The van der Waals surface area contributed by atoms with Crippen LogP contribution in [0.3, 0.4) is 0 Å². The van der Waals surface area contributed by atoms with E-state index in [1.54, 1.807) is 9.80 Å². The van der Waals surface area contributed by atoms with Gasteiger partial charge in [0.05, 0.1) is 26.1 Å². The highest BCUT2D eigenvalue weighted by atomic mass is 19.1. The third-order valence-electron chi connectivity index (χ3n) is 3.86. The molecule has 138 valence electrons. The second-order valence-corrected chi connectivity index (χ2v) is 6.47. The fourth-order valence-electron chi connectivity index (χ4n) is 2.74. The average Bonchev–Trinajstić information content (AvgIpc) is 2.53. The summed E-state index contributed by atoms with van der Waals surface area (Å²) in [5.74, 6) is -0.507. The Labute approximate surface area is 146 Å². The molecule has 0 radical (unpaired) electrons. The molecule has 8 heteroatoms. The molecule has 0 spiro atoms. The third kappa shape index (κ3) is 5.68. The van der Waals surface area contributed by atoms with Crippen LogP contribution in [0.4, 0.5) is 4.39 Å². The molecule has 0 aromatic heterocycles. The highest BCUT2D eigenvalue weighted by molar-refractivity contribution is 5.79. The first-order valence-electron chi connectivity index (χ1n) is 8.03. The fraction of sp³-hybridized carbons (Fsp3) is 0.529. The Hall–Kier alpha value is -2.19. The molecular formula is C17H24FN3O4. The van der Waals surface area contributed by atoms with Crippen molar-refractivity contribution < 1.29 is 23.5 Å². The topological polar surface area (TPSA) is 85.1 Å². The number of primary amides is 1. The summed E-state index contributed by atoms with van der Waals surface area (Å²) >= 11 is 0. The van der Waals surface area contributed by atoms with Crippen molar-refractivity contribution in [1.29, 1.82) is 0 Å². The number of halogens is 1. The zero-order valence-corrected chi connectivity index (χ0v) is 14.5. The lowest BCUT2D eigenvalue weighted by Crippen LogP contribution is -2.58. The molecule has 1 atom stereocenters. The van der Waals surface area contributed by atoms with Crippen molar-refractivity contribution in [3.63, 3.8) is 0 Å². The first-order valence-corrected chi connectivity index (χ1v) is 8.03. The Balaban J connectivity index is 2.08. The molecule has 1 aliphatic heterocycles. The van der Waals surface area contributed by atoms with E-state index in [4.69, 9.17) is 15.2 Å². The molecule has 0 aliphatic carbocycles. The number of nitrogens with two attached hydrogens (primary N) is 1. The van der Waals surface area contributed by atoms with Crippen molar-refractivity contribution in [2.24, 2.45) is 5.73 Å². The van der Waals surface area contributed by atoms with E-state index in [1.807, 2.05) is 14.1 Å². The van der Waals surface area contributed by atoms with Gasteiger partial charge in [-0.25, -0.2) is 4.39 Å². The van der Waals surface area contributed by atoms with Crippen LogP contribution in [0, 0.1) is 5.82 Å². The van der Waals surface area contributed by atoms with Gasteiger partial charge in [0, 0.05) is 6.54 Å². The zero-order valence-electron chi connectivity index (χ0n) is 14.5. The summed E-state index contributed by atoms with van der Waals surface area (Å²) in [6.45, 7) is 1.26. The Morgan fingerprint density at radius 2 is 2.04 bits per heavy atom. The van der Waals surface area contributed by atoms with E-state index < -0.39 is 11.5 Å². The van der Waals surface area contributed by atoms with Gasteiger partial charge in [-0.2, -0.15) is 0 Å². The number of hydrogen-bond acceptors (Lipinski definition) is 5. The molecule has 2 amide bonds. The molecule has 1 heterocycles. The number of hydrogen-bond donors (Lipinski definition) is 1. The molecule has 25 heavy (non-hydrogen) atoms. The van der Waals surface area contributed by atoms with Crippen LogP contribution in [0.15, 0.2) is 24.3 Å². The highest BCUT2D eigenvalue weighted by Gasteiger charge is 2.40. The summed E-state index contributed by atoms with van der Waals surface area (Å²) in [5, 5.41) is 0. The average molecular weight is 353 g/mol. The van der Waals surface area contributed by atoms with Crippen molar-refractivity contribution in [2.45, 2.75) is 12.0 Å². The van der Waals surface area contributed by atoms with Crippen molar-refractivity contribution in [2.75, 3.05) is 46.9 Å². The van der Waals surface area contributed by atoms with Gasteiger partial charge in [0.1, 0.15) is 23.8 Å². The van der Waals surface area contributed by atoms with E-state index in [0.717, 1.165) is 0 Å². The van der Waals surface area contributed by atoms with Crippen LogP contribution in [-0.2, 0) is 14.3 Å². The van der Waals surface area contributed by atoms with Crippen LogP contribution in [0.25, 0.3) is 0 Å². The minimum Gasteiger partial charge on any atom is -0.490 e. The number of carbonyl (C=O) groups is 2. The molecular weight excluding hydrogens is 329 g/mol. The van der Waals surface area contributed by atoms with Crippen LogP contribution in [0.2, 0.25) is 0 Å². The van der Waals surface area contributed by atoms with Crippen molar-refractivity contribution in [1.82, 2.24) is 9.80 Å². The largest absolute Gasteiger partial charge is 0.490 e. The summed E-state index contributed by atoms with van der Waals surface area (Å²) in [6.07, 6.45) is -0.0695. The Kier molecular flexibility index (Phi) is 6.33. The van der Waals surface area contributed by atoms with Crippen molar-refractivity contribution >= 4 is 11.8 Å². The number of rotatable bonds is 7. The number of ether oxygens (including phenoxy) is 2. The first-order chi connectivity index (χ1) is 11.8. The quantitative estimate of drug-likeness (QED) is 0.759. The zero-order chi connectivity index (χ0) is 18.4. The standard InChI is InChI=1S/C17H24FN3O4/c1-20(2)10-16(23)21-7-8-25-17(11-21,9-15(19)22)12-24-14-5-3-13(18)4-6-14/h3-6H,7-12H2,1-2H3,(H2,19,22)/t17-/m0/s1. The van der Waals surface area contributed by atoms with E-state index in [2.05, 4.69) is 0 Å². The van der Waals surface area contributed by atoms with E-state index >= 15 is 0 Å². The number of amides is 2. The molecule has 1 aliphatic rings. The summed E-state index contributed by atoms with van der Waals surface area (Å²) in [5.41, 5.74) is 4.35. The smallest absolute Gasteiger partial charge is 0.236 e. The number of nitrogens with zero attached hydrogens (tertiary/aromatic N) is 2. The number of likely N-dealkylation sites (N-methyl/N-ethyl adjacent to an activating group) is 1. The van der Waals surface area contributed by atoms with Gasteiger partial charge < -0.3 is 25.0 Å². The van der Waals surface area contributed by atoms with Crippen LogP contribution >= 0.6 is 0 Å². The molecule has 0 saturated carbocycles. The maximum atomic E-state index is 13.0. The summed E-state index contributed by atoms with van der Waals surface area (Å²) < 4.78 is 24.4. The van der Waals surface area contributed by atoms with Crippen molar-refractivity contribution in [3.05, 3.63) is 30.1 Å². The minimum atomic E-state index is -1.01. The van der Waals surface area contributed by atoms with E-state index in [9.17, 15) is 14.0 Å². The predicted octanol–water partition coefficient (Wildman–Crippen LogP) is 0.239. The molecule has 0 unspecified atom stereocenters. The van der Waals surface area contributed by atoms with E-state index in [-0.39, 0.29) is 37.8 Å². The molecule has 1 aromatic rings. The van der Waals surface area contributed by atoms with Gasteiger partial charge in [-0.3, -0.25) is 9.59 Å². The second kappa shape index (κ2) is 8.26. The fourth-order valence-corrected chi connectivity index (χ4v) is 2.74. The lowest BCUT2D eigenvalue weighted by molar-refractivity contribution is -0.162. The monoisotopic (exact) mass is 353 g/mol. The van der Waals surface area contributed by atoms with Crippen LogP contribution in [-0.4, -0.2) is 74.2 Å². The molecule has 7 nitrogen and oxygen atoms in total.